The Bertz CT molecular complexity index is 650. The van der Waals surface area contributed by atoms with Gasteiger partial charge in [-0.25, -0.2) is 0 Å². The largest absolute Gasteiger partial charge is 0.497 e. The second-order valence-electron chi connectivity index (χ2n) is 4.93. The molecule has 0 radical (unpaired) electrons. The van der Waals surface area contributed by atoms with Gasteiger partial charge in [0.15, 0.2) is 0 Å². The zero-order valence-electron chi connectivity index (χ0n) is 12.5. The van der Waals surface area contributed by atoms with E-state index in [9.17, 15) is 4.79 Å². The second-order valence-corrected chi connectivity index (χ2v) is 5.72. The van der Waals surface area contributed by atoms with E-state index in [4.69, 9.17) is 4.74 Å². The molecule has 2 rings (SSSR count). The summed E-state index contributed by atoms with van der Waals surface area (Å²) in [6.45, 7) is 2.05. The van der Waals surface area contributed by atoms with Crippen LogP contribution < -0.4 is 4.74 Å². The number of aryl methyl sites for hydroxylation is 2. The molecule has 21 heavy (non-hydrogen) atoms. The molecule has 0 aliphatic heterocycles. The van der Waals surface area contributed by atoms with E-state index in [1.165, 1.54) is 0 Å². The molecule has 0 bridgehead atoms. The third kappa shape index (κ3) is 3.73. The van der Waals surface area contributed by atoms with Gasteiger partial charge in [-0.15, -0.1) is 0 Å². The van der Waals surface area contributed by atoms with E-state index in [0.29, 0.717) is 12.8 Å². The zero-order chi connectivity index (χ0) is 15.4. The number of ether oxygens (including phenoxy) is 1. The summed E-state index contributed by atoms with van der Waals surface area (Å²) in [6, 6.07) is 7.61. The van der Waals surface area contributed by atoms with Crippen LogP contribution >= 0.6 is 15.9 Å². The number of halogens is 1. The first-order valence-corrected chi connectivity index (χ1v) is 7.69. The molecular weight excluding hydrogens is 332 g/mol. The van der Waals surface area contributed by atoms with Gasteiger partial charge in [-0.1, -0.05) is 19.1 Å². The molecule has 0 amide bonds. The first kappa shape index (κ1) is 15.8. The van der Waals surface area contributed by atoms with Gasteiger partial charge in [-0.3, -0.25) is 9.48 Å². The highest BCUT2D eigenvalue weighted by molar-refractivity contribution is 9.10. The lowest BCUT2D eigenvalue weighted by Crippen LogP contribution is -2.10. The van der Waals surface area contributed by atoms with E-state index in [2.05, 4.69) is 28.0 Å². The van der Waals surface area contributed by atoms with Crippen LogP contribution in [0, 0.1) is 0 Å². The summed E-state index contributed by atoms with van der Waals surface area (Å²) in [4.78, 5) is 12.3. The van der Waals surface area contributed by atoms with E-state index in [1.807, 2.05) is 31.3 Å². The van der Waals surface area contributed by atoms with Gasteiger partial charge in [0.1, 0.15) is 11.5 Å². The van der Waals surface area contributed by atoms with Gasteiger partial charge in [0, 0.05) is 19.9 Å². The minimum Gasteiger partial charge on any atom is -0.497 e. The molecule has 112 valence electrons. The number of benzene rings is 1. The van der Waals surface area contributed by atoms with Crippen LogP contribution in [0.1, 0.15) is 23.9 Å². The fraction of sp³-hybridized carbons (Fsp3) is 0.375. The lowest BCUT2D eigenvalue weighted by atomic mass is 10.1. The third-order valence-electron chi connectivity index (χ3n) is 3.40. The number of carbonyl (C=O) groups is 1. The molecule has 0 saturated heterocycles. The Kier molecular flexibility index (Phi) is 5.17. The van der Waals surface area contributed by atoms with Crippen molar-refractivity contribution >= 4 is 21.7 Å². The van der Waals surface area contributed by atoms with Crippen LogP contribution in [0.25, 0.3) is 0 Å². The van der Waals surface area contributed by atoms with Gasteiger partial charge < -0.3 is 4.74 Å². The van der Waals surface area contributed by atoms with Gasteiger partial charge in [0.25, 0.3) is 0 Å². The summed E-state index contributed by atoms with van der Waals surface area (Å²) in [7, 11) is 3.50. The maximum absolute atomic E-state index is 12.3. The average molecular weight is 351 g/mol. The molecule has 4 nitrogen and oxygen atoms in total. The van der Waals surface area contributed by atoms with Crippen molar-refractivity contribution in [2.75, 3.05) is 7.11 Å². The van der Waals surface area contributed by atoms with Crippen molar-refractivity contribution in [1.82, 2.24) is 9.78 Å². The number of hydrogen-bond donors (Lipinski definition) is 0. The van der Waals surface area contributed by atoms with Crippen molar-refractivity contribution in [3.05, 3.63) is 45.7 Å². The Morgan fingerprint density at radius 3 is 2.76 bits per heavy atom. The lowest BCUT2D eigenvalue weighted by Gasteiger charge is -2.05. The number of aromatic nitrogens is 2. The number of rotatable bonds is 6. The summed E-state index contributed by atoms with van der Waals surface area (Å²) in [5.41, 5.74) is 2.88. The van der Waals surface area contributed by atoms with Crippen molar-refractivity contribution in [3.63, 3.8) is 0 Å². The Morgan fingerprint density at radius 2 is 2.14 bits per heavy atom. The number of hydrogen-bond acceptors (Lipinski definition) is 3. The molecule has 0 N–H and O–H groups in total. The molecule has 0 aliphatic carbocycles. The van der Waals surface area contributed by atoms with E-state index in [0.717, 1.165) is 33.6 Å². The smallest absolute Gasteiger partial charge is 0.143 e. The van der Waals surface area contributed by atoms with Crippen LogP contribution in [-0.2, 0) is 31.1 Å². The molecule has 0 fully saturated rings. The highest BCUT2D eigenvalue weighted by atomic mass is 79.9. The van der Waals surface area contributed by atoms with Crippen LogP contribution in [0.4, 0.5) is 0 Å². The molecule has 0 atom stereocenters. The average Bonchev–Trinajstić information content (AvgIpc) is 2.74. The number of Topliss-reactive ketones (excluding diaryl/α,β-unsaturated/α-hetero) is 1. The highest BCUT2D eigenvalue weighted by Gasteiger charge is 2.16. The van der Waals surface area contributed by atoms with Crippen molar-refractivity contribution in [2.24, 2.45) is 7.05 Å². The van der Waals surface area contributed by atoms with E-state index < -0.39 is 0 Å². The Labute approximate surface area is 133 Å². The van der Waals surface area contributed by atoms with Gasteiger partial charge in [0.2, 0.25) is 0 Å². The minimum absolute atomic E-state index is 0.162. The molecule has 0 spiro atoms. The molecule has 2 aromatic rings. The standard InChI is InChI=1S/C16H19BrN2O2/c1-4-14-16(17)15(19(2)18-14)10-12(20)8-11-6-5-7-13(9-11)21-3/h5-7,9H,4,8,10H2,1-3H3. The number of carbonyl (C=O) groups excluding carboxylic acids is 1. The maximum atomic E-state index is 12.3. The number of nitrogens with zero attached hydrogens (tertiary/aromatic N) is 2. The van der Waals surface area contributed by atoms with Crippen molar-refractivity contribution in [2.45, 2.75) is 26.2 Å². The predicted molar refractivity (Wildman–Crippen MR) is 85.7 cm³/mol. The fourth-order valence-corrected chi connectivity index (χ4v) is 3.03. The van der Waals surface area contributed by atoms with Crippen LogP contribution in [0.15, 0.2) is 28.7 Å². The highest BCUT2D eigenvalue weighted by Crippen LogP contribution is 2.22. The number of ketones is 1. The Hall–Kier alpha value is -1.62. The topological polar surface area (TPSA) is 44.1 Å². The van der Waals surface area contributed by atoms with Gasteiger partial charge in [-0.2, -0.15) is 5.10 Å². The van der Waals surface area contributed by atoms with E-state index in [-0.39, 0.29) is 5.78 Å². The van der Waals surface area contributed by atoms with Crippen molar-refractivity contribution in [1.29, 1.82) is 0 Å². The first-order valence-electron chi connectivity index (χ1n) is 6.90. The molecule has 0 saturated carbocycles. The maximum Gasteiger partial charge on any atom is 0.143 e. The van der Waals surface area contributed by atoms with Gasteiger partial charge >= 0.3 is 0 Å². The van der Waals surface area contributed by atoms with Crippen LogP contribution in [0.5, 0.6) is 5.75 Å². The first-order chi connectivity index (χ1) is 10.0. The van der Waals surface area contributed by atoms with Crippen LogP contribution in [0.3, 0.4) is 0 Å². The Balaban J connectivity index is 2.10. The molecule has 0 aliphatic rings. The van der Waals surface area contributed by atoms with Crippen molar-refractivity contribution < 1.29 is 9.53 Å². The predicted octanol–water partition coefficient (Wildman–Crippen LogP) is 3.11. The SMILES string of the molecule is CCc1nn(C)c(CC(=O)Cc2cccc(OC)c2)c1Br. The summed E-state index contributed by atoms with van der Waals surface area (Å²) < 4.78 is 7.91. The summed E-state index contributed by atoms with van der Waals surface area (Å²) in [5, 5.41) is 4.41. The summed E-state index contributed by atoms with van der Waals surface area (Å²) in [5.74, 6) is 0.935. The van der Waals surface area contributed by atoms with Gasteiger partial charge in [-0.05, 0) is 40.0 Å². The monoisotopic (exact) mass is 350 g/mol. The fourth-order valence-electron chi connectivity index (χ4n) is 2.27. The molecule has 1 heterocycles. The van der Waals surface area contributed by atoms with E-state index >= 15 is 0 Å². The summed E-state index contributed by atoms with van der Waals surface area (Å²) >= 11 is 3.54. The second kappa shape index (κ2) is 6.89. The molecule has 5 heteroatoms. The normalized spacial score (nSPS) is 10.7. The molecule has 0 unspecified atom stereocenters. The minimum atomic E-state index is 0.162. The van der Waals surface area contributed by atoms with Crippen LogP contribution in [0.2, 0.25) is 0 Å². The van der Waals surface area contributed by atoms with E-state index in [1.54, 1.807) is 11.8 Å². The third-order valence-corrected chi connectivity index (χ3v) is 4.32. The zero-order valence-corrected chi connectivity index (χ0v) is 14.1. The summed E-state index contributed by atoms with van der Waals surface area (Å²) in [6.07, 6.45) is 1.62. The lowest BCUT2D eigenvalue weighted by molar-refractivity contribution is -0.117. The van der Waals surface area contributed by atoms with Crippen LogP contribution in [-0.4, -0.2) is 22.7 Å². The van der Waals surface area contributed by atoms with Gasteiger partial charge in [0.05, 0.1) is 23.0 Å². The Morgan fingerprint density at radius 1 is 1.38 bits per heavy atom. The molecule has 1 aromatic heterocycles. The van der Waals surface area contributed by atoms with Crippen molar-refractivity contribution in [3.8, 4) is 5.75 Å². The number of methoxy groups -OCH3 is 1. The molecular formula is C16H19BrN2O2. The quantitative estimate of drug-likeness (QED) is 0.803. The molecule has 1 aromatic carbocycles.